The number of thiophene rings is 1. The minimum Gasteiger partial charge on any atom is -0.313 e. The summed E-state index contributed by atoms with van der Waals surface area (Å²) in [6.07, 6.45) is 2.44. The third-order valence-electron chi connectivity index (χ3n) is 6.04. The van der Waals surface area contributed by atoms with Crippen LogP contribution in [0.4, 0.5) is 13.2 Å². The van der Waals surface area contributed by atoms with Gasteiger partial charge in [0.05, 0.1) is 23.8 Å². The molecule has 2 aliphatic rings. The Kier molecular flexibility index (Phi) is 4.94. The Balaban J connectivity index is 1.42. The number of hydrogen-bond donors (Lipinski definition) is 1. The molecule has 30 heavy (non-hydrogen) atoms. The van der Waals surface area contributed by atoms with Crippen molar-refractivity contribution in [3.63, 3.8) is 0 Å². The van der Waals surface area contributed by atoms with Crippen LogP contribution in [0.5, 0.6) is 0 Å². The summed E-state index contributed by atoms with van der Waals surface area (Å²) >= 11 is 1.58. The number of hydrogen-bond acceptors (Lipinski definition) is 4. The lowest BCUT2D eigenvalue weighted by Gasteiger charge is -2.23. The van der Waals surface area contributed by atoms with Crippen molar-refractivity contribution in [2.45, 2.75) is 50.9 Å². The largest absolute Gasteiger partial charge is 0.416 e. The molecular weight excluding hydrogens is 411 g/mol. The Morgan fingerprint density at radius 3 is 2.83 bits per heavy atom. The Morgan fingerprint density at radius 1 is 1.23 bits per heavy atom. The van der Waals surface area contributed by atoms with Crippen LogP contribution in [0.2, 0.25) is 0 Å². The number of nitrogens with zero attached hydrogens (tertiary/aromatic N) is 2. The highest BCUT2D eigenvalue weighted by Crippen LogP contribution is 2.35. The topological polar surface area (TPSA) is 46.9 Å². The van der Waals surface area contributed by atoms with Gasteiger partial charge < -0.3 is 5.32 Å². The van der Waals surface area contributed by atoms with E-state index in [-0.39, 0.29) is 12.1 Å². The van der Waals surface area contributed by atoms with Crippen LogP contribution in [-0.4, -0.2) is 22.1 Å². The molecule has 1 saturated carbocycles. The second-order valence-corrected chi connectivity index (χ2v) is 9.43. The van der Waals surface area contributed by atoms with Gasteiger partial charge in [-0.2, -0.15) is 13.2 Å². The number of alkyl halides is 3. The predicted molar refractivity (Wildman–Crippen MR) is 111 cm³/mol. The maximum atomic E-state index is 13.1. The highest BCUT2D eigenvalue weighted by molar-refractivity contribution is 7.18. The molecule has 1 atom stereocenters. The van der Waals surface area contributed by atoms with Crippen LogP contribution in [0.3, 0.4) is 0 Å². The Hall–Kier alpha value is -2.19. The average Bonchev–Trinajstić information content (AvgIpc) is 3.47. The number of rotatable bonds is 5. The van der Waals surface area contributed by atoms with E-state index in [2.05, 4.69) is 10.3 Å². The van der Waals surface area contributed by atoms with Gasteiger partial charge in [-0.3, -0.25) is 9.36 Å². The first-order valence-electron chi connectivity index (χ1n) is 10.3. The fourth-order valence-corrected chi connectivity index (χ4v) is 5.44. The van der Waals surface area contributed by atoms with E-state index in [1.54, 1.807) is 17.4 Å². The van der Waals surface area contributed by atoms with E-state index in [4.69, 9.17) is 0 Å². The van der Waals surface area contributed by atoms with Gasteiger partial charge in [-0.15, -0.1) is 11.3 Å². The van der Waals surface area contributed by atoms with Crippen LogP contribution in [0, 0.1) is 5.92 Å². The molecular formula is C22H22F3N3OS. The van der Waals surface area contributed by atoms with Crippen molar-refractivity contribution in [1.82, 2.24) is 14.9 Å². The predicted octanol–water partition coefficient (Wildman–Crippen LogP) is 4.38. The van der Waals surface area contributed by atoms with Gasteiger partial charge >= 0.3 is 6.18 Å². The molecule has 2 aromatic heterocycles. The summed E-state index contributed by atoms with van der Waals surface area (Å²) in [7, 11) is 0. The number of benzene rings is 1. The maximum absolute atomic E-state index is 13.1. The molecule has 1 N–H and O–H groups in total. The van der Waals surface area contributed by atoms with E-state index >= 15 is 0 Å². The molecule has 158 valence electrons. The van der Waals surface area contributed by atoms with Crippen LogP contribution in [0.25, 0.3) is 10.2 Å². The summed E-state index contributed by atoms with van der Waals surface area (Å²) < 4.78 is 40.4. The van der Waals surface area contributed by atoms with Crippen molar-refractivity contribution in [2.75, 3.05) is 6.54 Å². The van der Waals surface area contributed by atoms with Gasteiger partial charge in [0.1, 0.15) is 4.83 Å². The molecule has 0 radical (unpaired) electrons. The van der Waals surface area contributed by atoms with E-state index in [1.165, 1.54) is 34.7 Å². The van der Waals surface area contributed by atoms with Gasteiger partial charge in [-0.25, -0.2) is 4.98 Å². The van der Waals surface area contributed by atoms with Crippen LogP contribution in [0.15, 0.2) is 35.4 Å². The second-order valence-electron chi connectivity index (χ2n) is 8.35. The van der Waals surface area contributed by atoms with Crippen LogP contribution >= 0.6 is 11.3 Å². The normalized spacial score (nSPS) is 19.2. The summed E-state index contributed by atoms with van der Waals surface area (Å²) in [6.45, 7) is 1.15. The van der Waals surface area contributed by atoms with Crippen LogP contribution in [-0.2, 0) is 25.6 Å². The van der Waals surface area contributed by atoms with E-state index in [1.807, 2.05) is 0 Å². The first-order chi connectivity index (χ1) is 14.4. The summed E-state index contributed by atoms with van der Waals surface area (Å²) in [6, 6.07) is 5.55. The van der Waals surface area contributed by atoms with Crippen molar-refractivity contribution in [3.8, 4) is 0 Å². The molecule has 0 spiro atoms. The first-order valence-corrected chi connectivity index (χ1v) is 11.1. The van der Waals surface area contributed by atoms with Gasteiger partial charge in [0, 0.05) is 10.9 Å². The maximum Gasteiger partial charge on any atom is 0.416 e. The molecule has 0 bridgehead atoms. The number of nitrogens with one attached hydrogen (secondary N) is 1. The minimum absolute atomic E-state index is 0.0713. The zero-order valence-electron chi connectivity index (χ0n) is 16.3. The van der Waals surface area contributed by atoms with E-state index in [9.17, 15) is 18.0 Å². The molecule has 1 fully saturated rings. The van der Waals surface area contributed by atoms with Crippen molar-refractivity contribution >= 4 is 21.6 Å². The Labute approximate surface area is 175 Å². The lowest BCUT2D eigenvalue weighted by atomic mass is 9.93. The quantitative estimate of drug-likeness (QED) is 0.650. The molecule has 2 aliphatic carbocycles. The smallest absolute Gasteiger partial charge is 0.313 e. The molecule has 1 aromatic carbocycles. The summed E-state index contributed by atoms with van der Waals surface area (Å²) in [5, 5.41) is 4.30. The number of aryl methyl sites for hydroxylation is 1. The van der Waals surface area contributed by atoms with E-state index in [0.29, 0.717) is 17.0 Å². The monoisotopic (exact) mass is 433 g/mol. The molecule has 0 saturated heterocycles. The van der Waals surface area contributed by atoms with Gasteiger partial charge in [0.25, 0.3) is 5.56 Å². The molecule has 2 heterocycles. The number of halogens is 3. The third kappa shape index (κ3) is 3.90. The fourth-order valence-electron chi connectivity index (χ4n) is 4.19. The molecule has 5 rings (SSSR count). The summed E-state index contributed by atoms with van der Waals surface area (Å²) in [5.74, 6) is 0.832. The van der Waals surface area contributed by atoms with Crippen molar-refractivity contribution in [2.24, 2.45) is 5.92 Å². The third-order valence-corrected chi connectivity index (χ3v) is 7.20. The van der Waals surface area contributed by atoms with E-state index in [0.717, 1.165) is 54.3 Å². The first kappa shape index (κ1) is 19.8. The van der Waals surface area contributed by atoms with Crippen LogP contribution < -0.4 is 10.9 Å². The van der Waals surface area contributed by atoms with Crippen molar-refractivity contribution in [3.05, 3.63) is 62.5 Å². The molecule has 1 unspecified atom stereocenters. The number of fused-ring (bicyclic) bond motifs is 3. The summed E-state index contributed by atoms with van der Waals surface area (Å²) in [5.41, 5.74) is 0.635. The molecule has 0 aliphatic heterocycles. The second kappa shape index (κ2) is 7.50. The molecule has 8 heteroatoms. The Bertz CT molecular complexity index is 1150. The van der Waals surface area contributed by atoms with Gasteiger partial charge in [-0.1, -0.05) is 12.1 Å². The van der Waals surface area contributed by atoms with Crippen molar-refractivity contribution in [1.29, 1.82) is 0 Å². The zero-order valence-corrected chi connectivity index (χ0v) is 17.2. The lowest BCUT2D eigenvalue weighted by Crippen LogP contribution is -2.35. The zero-order chi connectivity index (χ0) is 20.9. The Morgan fingerprint density at radius 2 is 2.07 bits per heavy atom. The SMILES string of the molecule is O=c1c2c3c(sc2ncn1Cc1cccc(C(F)(F)F)c1)CC(NCC1CC1)CC3. The lowest BCUT2D eigenvalue weighted by molar-refractivity contribution is -0.137. The standard InChI is InChI=1S/C22H22F3N3OS/c23-22(24,25)15-3-1-2-14(8-15)11-28-12-27-20-19(21(28)29)17-7-6-16(9-18(17)30-20)26-10-13-4-5-13/h1-3,8,12-13,16,26H,4-7,9-11H2. The van der Waals surface area contributed by atoms with Gasteiger partial charge in [-0.05, 0) is 67.8 Å². The van der Waals surface area contributed by atoms with Crippen LogP contribution in [0.1, 0.15) is 40.8 Å². The van der Waals surface area contributed by atoms with E-state index < -0.39 is 11.7 Å². The van der Waals surface area contributed by atoms with Gasteiger partial charge in [0.15, 0.2) is 0 Å². The van der Waals surface area contributed by atoms with Crippen molar-refractivity contribution < 1.29 is 13.2 Å². The van der Waals surface area contributed by atoms with Gasteiger partial charge in [0.2, 0.25) is 0 Å². The number of aromatic nitrogens is 2. The molecule has 4 nitrogen and oxygen atoms in total. The average molecular weight is 433 g/mol. The fraction of sp³-hybridized carbons (Fsp3) is 0.455. The minimum atomic E-state index is -4.40. The summed E-state index contributed by atoms with van der Waals surface area (Å²) in [4.78, 5) is 19.6. The highest BCUT2D eigenvalue weighted by atomic mass is 32.1. The molecule has 0 amide bonds. The highest BCUT2D eigenvalue weighted by Gasteiger charge is 2.30. The molecule has 3 aromatic rings.